The number of rotatable bonds is 5. The molecule has 5 nitrogen and oxygen atoms in total. The summed E-state index contributed by atoms with van der Waals surface area (Å²) in [6.45, 7) is 1.18. The lowest BCUT2D eigenvalue weighted by atomic mass is 9.96. The number of alkyl halides is 3. The summed E-state index contributed by atoms with van der Waals surface area (Å²) >= 11 is 1.32. The summed E-state index contributed by atoms with van der Waals surface area (Å²) in [4.78, 5) is 19.4. The Labute approximate surface area is 187 Å². The molecule has 32 heavy (non-hydrogen) atoms. The largest absolute Gasteiger partial charge is 0.449 e. The molecular formula is C23H21F3N4OS. The number of carbonyl (C=O) groups excluding carboxylic acids is 1. The normalized spacial score (nSPS) is 15.1. The second-order valence-electron chi connectivity index (χ2n) is 7.71. The molecular weight excluding hydrogens is 437 g/mol. The van der Waals surface area contributed by atoms with Crippen molar-refractivity contribution in [2.24, 2.45) is 5.92 Å². The van der Waals surface area contributed by atoms with Crippen molar-refractivity contribution >= 4 is 28.7 Å². The molecule has 2 aromatic carbocycles. The van der Waals surface area contributed by atoms with E-state index in [1.807, 2.05) is 12.1 Å². The van der Waals surface area contributed by atoms with E-state index in [1.54, 1.807) is 41.3 Å². The van der Waals surface area contributed by atoms with E-state index in [1.165, 1.54) is 16.3 Å². The molecule has 0 spiro atoms. The number of thioether (sulfide) groups is 1. The van der Waals surface area contributed by atoms with Gasteiger partial charge in [-0.1, -0.05) is 24.3 Å². The van der Waals surface area contributed by atoms with Crippen molar-refractivity contribution in [1.82, 2.24) is 14.5 Å². The van der Waals surface area contributed by atoms with Gasteiger partial charge in [0.2, 0.25) is 5.82 Å². The maximum Gasteiger partial charge on any atom is 0.449 e. The third-order valence-electron chi connectivity index (χ3n) is 5.66. The second-order valence-corrected chi connectivity index (χ2v) is 8.73. The number of aromatic nitrogens is 2. The Kier molecular flexibility index (Phi) is 6.42. The number of fused-ring (bicyclic) bond motifs is 1. The number of hydrogen-bond acceptors (Lipinski definition) is 4. The molecule has 2 heterocycles. The van der Waals surface area contributed by atoms with Gasteiger partial charge in [0, 0.05) is 24.5 Å². The zero-order valence-corrected chi connectivity index (χ0v) is 18.0. The Balaban J connectivity index is 1.47. The number of carbonyl (C=O) groups is 1. The molecule has 1 aliphatic rings. The van der Waals surface area contributed by atoms with Gasteiger partial charge in [0.25, 0.3) is 5.91 Å². The van der Waals surface area contributed by atoms with E-state index in [-0.39, 0.29) is 24.1 Å². The highest BCUT2D eigenvalue weighted by Crippen LogP contribution is 2.33. The molecule has 1 aromatic heterocycles. The van der Waals surface area contributed by atoms with E-state index < -0.39 is 12.0 Å². The minimum Gasteiger partial charge on any atom is -0.339 e. The van der Waals surface area contributed by atoms with Crippen LogP contribution in [0.3, 0.4) is 0 Å². The third-order valence-corrected chi connectivity index (χ3v) is 6.60. The average Bonchev–Trinajstić information content (AvgIpc) is 3.17. The van der Waals surface area contributed by atoms with Crippen LogP contribution < -0.4 is 0 Å². The zero-order valence-electron chi connectivity index (χ0n) is 17.2. The highest BCUT2D eigenvalue weighted by molar-refractivity contribution is 7.99. The average molecular weight is 459 g/mol. The van der Waals surface area contributed by atoms with Crippen LogP contribution in [0.1, 0.15) is 29.0 Å². The van der Waals surface area contributed by atoms with Gasteiger partial charge >= 0.3 is 6.18 Å². The van der Waals surface area contributed by atoms with Crippen molar-refractivity contribution in [2.45, 2.75) is 30.5 Å². The first kappa shape index (κ1) is 22.2. The summed E-state index contributed by atoms with van der Waals surface area (Å²) in [6.07, 6.45) is -3.30. The van der Waals surface area contributed by atoms with Crippen LogP contribution in [0.2, 0.25) is 0 Å². The van der Waals surface area contributed by atoms with Gasteiger partial charge in [-0.05, 0) is 43.0 Å². The number of nitrogens with zero attached hydrogens (tertiary/aromatic N) is 4. The summed E-state index contributed by atoms with van der Waals surface area (Å²) < 4.78 is 42.0. The summed E-state index contributed by atoms with van der Waals surface area (Å²) in [5, 5.41) is 8.83. The minimum absolute atomic E-state index is 0.0148. The van der Waals surface area contributed by atoms with E-state index in [9.17, 15) is 18.0 Å². The molecule has 0 aliphatic carbocycles. The highest BCUT2D eigenvalue weighted by Gasteiger charge is 2.38. The van der Waals surface area contributed by atoms with Gasteiger partial charge < -0.3 is 9.47 Å². The van der Waals surface area contributed by atoms with E-state index in [0.29, 0.717) is 42.5 Å². The molecule has 0 radical (unpaired) electrons. The number of imidazole rings is 1. The van der Waals surface area contributed by atoms with Gasteiger partial charge in [-0.3, -0.25) is 4.79 Å². The van der Waals surface area contributed by atoms with Crippen molar-refractivity contribution in [3.05, 3.63) is 59.9 Å². The van der Waals surface area contributed by atoms with Crippen molar-refractivity contribution in [3.63, 3.8) is 0 Å². The Morgan fingerprint density at radius 3 is 2.53 bits per heavy atom. The molecule has 0 unspecified atom stereocenters. The first-order valence-corrected chi connectivity index (χ1v) is 11.3. The fraction of sp³-hybridized carbons (Fsp3) is 0.348. The molecule has 1 aliphatic heterocycles. The molecule has 166 valence electrons. The fourth-order valence-corrected chi connectivity index (χ4v) is 4.81. The number of nitriles is 1. The lowest BCUT2D eigenvalue weighted by Crippen LogP contribution is -2.39. The van der Waals surface area contributed by atoms with E-state index in [4.69, 9.17) is 5.26 Å². The topological polar surface area (TPSA) is 61.9 Å². The number of benzene rings is 2. The summed E-state index contributed by atoms with van der Waals surface area (Å²) in [6, 6.07) is 15.9. The maximum absolute atomic E-state index is 13.6. The number of halogens is 3. The van der Waals surface area contributed by atoms with Gasteiger partial charge in [-0.25, -0.2) is 4.98 Å². The van der Waals surface area contributed by atoms with Crippen LogP contribution >= 0.6 is 11.8 Å². The van der Waals surface area contributed by atoms with Crippen LogP contribution in [0.4, 0.5) is 13.2 Å². The molecule has 1 amide bonds. The molecule has 0 bridgehead atoms. The fourth-order valence-electron chi connectivity index (χ4n) is 4.10. The van der Waals surface area contributed by atoms with E-state index >= 15 is 0 Å². The highest BCUT2D eigenvalue weighted by atomic mass is 32.2. The first-order chi connectivity index (χ1) is 15.4. The van der Waals surface area contributed by atoms with Gasteiger partial charge in [0.1, 0.15) is 0 Å². The van der Waals surface area contributed by atoms with Crippen molar-refractivity contribution in [1.29, 1.82) is 5.26 Å². The van der Waals surface area contributed by atoms with Crippen molar-refractivity contribution < 1.29 is 18.0 Å². The van der Waals surface area contributed by atoms with Crippen LogP contribution in [0.5, 0.6) is 0 Å². The van der Waals surface area contributed by atoms with Gasteiger partial charge in [0.05, 0.1) is 28.4 Å². The molecule has 0 atom stereocenters. The molecule has 0 N–H and O–H groups in total. The van der Waals surface area contributed by atoms with Crippen LogP contribution in [0.15, 0.2) is 53.4 Å². The summed E-state index contributed by atoms with van der Waals surface area (Å²) in [7, 11) is 0. The monoisotopic (exact) mass is 458 g/mol. The summed E-state index contributed by atoms with van der Waals surface area (Å²) in [5.74, 6) is -0.706. The lowest BCUT2D eigenvalue weighted by Gasteiger charge is -2.33. The number of piperidine rings is 1. The van der Waals surface area contributed by atoms with Crippen molar-refractivity contribution in [3.8, 4) is 6.07 Å². The number of hydrogen-bond donors (Lipinski definition) is 0. The van der Waals surface area contributed by atoms with Gasteiger partial charge in [0.15, 0.2) is 0 Å². The zero-order chi connectivity index (χ0) is 22.7. The Hall–Kier alpha value is -2.99. The third kappa shape index (κ3) is 4.60. The molecule has 0 saturated carbocycles. The van der Waals surface area contributed by atoms with Gasteiger partial charge in [-0.15, -0.1) is 11.8 Å². The SMILES string of the molecule is N#CCSc1ccccc1C(=O)N1CCC(Cn2c(C(F)(F)F)nc3ccccc32)CC1. The number of para-hydroxylation sites is 2. The number of likely N-dealkylation sites (tertiary alicyclic amines) is 1. The molecule has 1 fully saturated rings. The predicted molar refractivity (Wildman–Crippen MR) is 116 cm³/mol. The molecule has 3 aromatic rings. The second kappa shape index (κ2) is 9.25. The number of amides is 1. The smallest absolute Gasteiger partial charge is 0.339 e. The Morgan fingerprint density at radius 1 is 1.12 bits per heavy atom. The van der Waals surface area contributed by atoms with Crippen molar-refractivity contribution in [2.75, 3.05) is 18.8 Å². The molecule has 1 saturated heterocycles. The molecule has 9 heteroatoms. The standard InChI is InChI=1S/C23H21F3N4OS/c24-23(25,26)22-28-18-6-2-3-7-19(18)30(22)15-16-9-12-29(13-10-16)21(31)17-5-1-4-8-20(17)32-14-11-27/h1-8,16H,9-10,12-15H2. The predicted octanol–water partition coefficient (Wildman–Crippen LogP) is 5.22. The van der Waals surface area contributed by atoms with Crippen LogP contribution in [-0.2, 0) is 12.7 Å². The van der Waals surface area contributed by atoms with Crippen LogP contribution in [0, 0.1) is 17.2 Å². The quantitative estimate of drug-likeness (QED) is 0.492. The minimum atomic E-state index is -4.53. The van der Waals surface area contributed by atoms with Gasteiger partial charge in [-0.2, -0.15) is 18.4 Å². The Morgan fingerprint density at radius 2 is 1.81 bits per heavy atom. The Bertz CT molecular complexity index is 1160. The van der Waals surface area contributed by atoms with E-state index in [0.717, 1.165) is 4.90 Å². The van der Waals surface area contributed by atoms with Crippen LogP contribution in [-0.4, -0.2) is 39.2 Å². The van der Waals surface area contributed by atoms with Crippen LogP contribution in [0.25, 0.3) is 11.0 Å². The first-order valence-electron chi connectivity index (χ1n) is 10.3. The maximum atomic E-state index is 13.6. The molecule has 4 rings (SSSR count). The summed E-state index contributed by atoms with van der Waals surface area (Å²) in [5.41, 5.74) is 1.37. The lowest BCUT2D eigenvalue weighted by molar-refractivity contribution is -0.147. The van der Waals surface area contributed by atoms with E-state index in [2.05, 4.69) is 11.1 Å².